The number of phenolic OH excluding ortho intramolecular Hbond substituents is 1. The molecule has 0 aliphatic carbocycles. The highest BCUT2D eigenvalue weighted by molar-refractivity contribution is 5.78. The summed E-state index contributed by atoms with van der Waals surface area (Å²) in [4.78, 5) is 16.5. The maximum Gasteiger partial charge on any atom is 0.226 e. The number of carbonyl (C=O) groups is 1. The van der Waals surface area contributed by atoms with Gasteiger partial charge in [-0.2, -0.15) is 0 Å². The van der Waals surface area contributed by atoms with Crippen LogP contribution in [0.15, 0.2) is 24.3 Å². The standard InChI is InChI=1S/C18H28N2O2/c1-19(10-7-13-20-11-4-2-3-5-12-20)18(22)15-16-8-6-9-17(21)14-16/h6,8-9,14,21H,2-5,7,10-13,15H2,1H3. The van der Waals surface area contributed by atoms with Crippen LogP contribution in [0.4, 0.5) is 0 Å². The number of amides is 1. The Kier molecular flexibility index (Phi) is 6.72. The molecule has 1 fully saturated rings. The molecule has 1 aliphatic rings. The van der Waals surface area contributed by atoms with Crippen molar-refractivity contribution >= 4 is 5.91 Å². The number of aromatic hydroxyl groups is 1. The van der Waals surface area contributed by atoms with Gasteiger partial charge in [-0.15, -0.1) is 0 Å². The number of phenols is 1. The van der Waals surface area contributed by atoms with Crippen molar-refractivity contribution in [2.24, 2.45) is 0 Å². The summed E-state index contributed by atoms with van der Waals surface area (Å²) in [5.74, 6) is 0.329. The van der Waals surface area contributed by atoms with Gasteiger partial charge in [0.1, 0.15) is 5.75 Å². The molecule has 1 aromatic rings. The van der Waals surface area contributed by atoms with E-state index >= 15 is 0 Å². The van der Waals surface area contributed by atoms with Gasteiger partial charge in [0.15, 0.2) is 0 Å². The highest BCUT2D eigenvalue weighted by Crippen LogP contribution is 2.12. The van der Waals surface area contributed by atoms with Gasteiger partial charge >= 0.3 is 0 Å². The summed E-state index contributed by atoms with van der Waals surface area (Å²) in [5.41, 5.74) is 0.865. The number of nitrogens with zero attached hydrogens (tertiary/aromatic N) is 2. The third-order valence-electron chi connectivity index (χ3n) is 4.36. The topological polar surface area (TPSA) is 43.8 Å². The van der Waals surface area contributed by atoms with Crippen LogP contribution in [0, 0.1) is 0 Å². The summed E-state index contributed by atoms with van der Waals surface area (Å²) in [6, 6.07) is 6.93. The van der Waals surface area contributed by atoms with Gasteiger partial charge in [0, 0.05) is 13.6 Å². The number of likely N-dealkylation sites (tertiary alicyclic amines) is 1. The molecule has 0 bridgehead atoms. The molecule has 1 N–H and O–H groups in total. The summed E-state index contributed by atoms with van der Waals surface area (Å²) >= 11 is 0. The van der Waals surface area contributed by atoms with Gasteiger partial charge in [-0.1, -0.05) is 25.0 Å². The Bertz CT molecular complexity index is 468. The molecule has 0 atom stereocenters. The Morgan fingerprint density at radius 1 is 1.23 bits per heavy atom. The third kappa shape index (κ3) is 5.68. The molecule has 4 heteroatoms. The molecular weight excluding hydrogens is 276 g/mol. The Balaban J connectivity index is 1.69. The van der Waals surface area contributed by atoms with Crippen molar-refractivity contribution in [2.45, 2.75) is 38.5 Å². The summed E-state index contributed by atoms with van der Waals surface area (Å²) in [6.07, 6.45) is 6.73. The second-order valence-corrected chi connectivity index (χ2v) is 6.27. The predicted molar refractivity (Wildman–Crippen MR) is 89.0 cm³/mol. The number of likely N-dealkylation sites (N-methyl/N-ethyl adjacent to an activating group) is 1. The normalized spacial score (nSPS) is 16.2. The molecule has 22 heavy (non-hydrogen) atoms. The van der Waals surface area contributed by atoms with E-state index in [1.807, 2.05) is 18.0 Å². The summed E-state index contributed by atoms with van der Waals surface area (Å²) in [7, 11) is 1.87. The highest BCUT2D eigenvalue weighted by atomic mass is 16.3. The molecule has 1 aromatic carbocycles. The summed E-state index contributed by atoms with van der Waals surface area (Å²) in [5, 5.41) is 9.44. The van der Waals surface area contributed by atoms with Crippen LogP contribution < -0.4 is 0 Å². The van der Waals surface area contributed by atoms with E-state index in [2.05, 4.69) is 4.90 Å². The van der Waals surface area contributed by atoms with Crippen molar-refractivity contribution in [3.8, 4) is 5.75 Å². The lowest BCUT2D eigenvalue weighted by Gasteiger charge is -2.22. The van der Waals surface area contributed by atoms with E-state index in [4.69, 9.17) is 0 Å². The van der Waals surface area contributed by atoms with Crippen LogP contribution in [0.5, 0.6) is 5.75 Å². The van der Waals surface area contributed by atoms with E-state index in [0.29, 0.717) is 6.42 Å². The van der Waals surface area contributed by atoms with Crippen LogP contribution in [0.25, 0.3) is 0 Å². The fourth-order valence-electron chi connectivity index (χ4n) is 2.99. The van der Waals surface area contributed by atoms with Crippen molar-refractivity contribution < 1.29 is 9.90 Å². The van der Waals surface area contributed by atoms with Crippen molar-refractivity contribution in [2.75, 3.05) is 33.2 Å². The minimum atomic E-state index is 0.112. The Morgan fingerprint density at radius 2 is 1.95 bits per heavy atom. The van der Waals surface area contributed by atoms with Gasteiger partial charge in [-0.05, 0) is 56.6 Å². The lowest BCUT2D eigenvalue weighted by molar-refractivity contribution is -0.129. The van der Waals surface area contributed by atoms with Crippen LogP contribution in [-0.4, -0.2) is 54.0 Å². The molecule has 2 rings (SSSR count). The van der Waals surface area contributed by atoms with Gasteiger partial charge in [0.05, 0.1) is 6.42 Å². The van der Waals surface area contributed by atoms with E-state index in [0.717, 1.165) is 25.1 Å². The fraction of sp³-hybridized carbons (Fsp3) is 0.611. The number of hydrogen-bond acceptors (Lipinski definition) is 3. The summed E-state index contributed by atoms with van der Waals surface area (Å²) in [6.45, 7) is 4.31. The lowest BCUT2D eigenvalue weighted by atomic mass is 10.1. The van der Waals surface area contributed by atoms with E-state index < -0.39 is 0 Å². The van der Waals surface area contributed by atoms with Gasteiger partial charge in [0.25, 0.3) is 0 Å². The largest absolute Gasteiger partial charge is 0.508 e. The average molecular weight is 304 g/mol. The molecule has 0 unspecified atom stereocenters. The SMILES string of the molecule is CN(CCCN1CCCCCC1)C(=O)Cc1cccc(O)c1. The first kappa shape index (κ1) is 16.8. The van der Waals surface area contributed by atoms with Gasteiger partial charge in [0.2, 0.25) is 5.91 Å². The average Bonchev–Trinajstić information content (AvgIpc) is 2.76. The molecule has 0 saturated carbocycles. The number of carbonyl (C=O) groups excluding carboxylic acids is 1. The monoisotopic (exact) mass is 304 g/mol. The fourth-order valence-corrected chi connectivity index (χ4v) is 2.99. The number of benzene rings is 1. The van der Waals surface area contributed by atoms with Gasteiger partial charge in [-0.3, -0.25) is 4.79 Å². The molecule has 1 heterocycles. The van der Waals surface area contributed by atoms with Crippen molar-refractivity contribution in [1.29, 1.82) is 0 Å². The zero-order chi connectivity index (χ0) is 15.8. The van der Waals surface area contributed by atoms with Crippen LogP contribution in [0.2, 0.25) is 0 Å². The first-order valence-electron chi connectivity index (χ1n) is 8.39. The van der Waals surface area contributed by atoms with Gasteiger partial charge < -0.3 is 14.9 Å². The Labute approximate surface area is 133 Å². The van der Waals surface area contributed by atoms with Crippen LogP contribution in [0.1, 0.15) is 37.7 Å². The van der Waals surface area contributed by atoms with Crippen LogP contribution in [0.3, 0.4) is 0 Å². The summed E-state index contributed by atoms with van der Waals surface area (Å²) < 4.78 is 0. The van der Waals surface area contributed by atoms with Crippen LogP contribution in [-0.2, 0) is 11.2 Å². The quantitative estimate of drug-likeness (QED) is 0.878. The molecule has 0 radical (unpaired) electrons. The maximum atomic E-state index is 12.2. The minimum Gasteiger partial charge on any atom is -0.508 e. The number of hydrogen-bond donors (Lipinski definition) is 1. The zero-order valence-corrected chi connectivity index (χ0v) is 13.6. The Hall–Kier alpha value is -1.55. The lowest BCUT2D eigenvalue weighted by Crippen LogP contribution is -2.32. The van der Waals surface area contributed by atoms with Crippen molar-refractivity contribution in [3.05, 3.63) is 29.8 Å². The zero-order valence-electron chi connectivity index (χ0n) is 13.6. The maximum absolute atomic E-state index is 12.2. The molecule has 1 amide bonds. The molecule has 0 spiro atoms. The van der Waals surface area contributed by atoms with Gasteiger partial charge in [-0.25, -0.2) is 0 Å². The molecule has 122 valence electrons. The second kappa shape index (κ2) is 8.79. The first-order valence-corrected chi connectivity index (χ1v) is 8.39. The molecule has 1 saturated heterocycles. The minimum absolute atomic E-state index is 0.112. The van der Waals surface area contributed by atoms with Crippen LogP contribution >= 0.6 is 0 Å². The highest BCUT2D eigenvalue weighted by Gasteiger charge is 2.12. The van der Waals surface area contributed by atoms with E-state index in [1.165, 1.54) is 38.8 Å². The van der Waals surface area contributed by atoms with E-state index in [1.54, 1.807) is 18.2 Å². The molecule has 4 nitrogen and oxygen atoms in total. The Morgan fingerprint density at radius 3 is 2.64 bits per heavy atom. The predicted octanol–water partition coefficient (Wildman–Crippen LogP) is 2.66. The van der Waals surface area contributed by atoms with E-state index in [9.17, 15) is 9.90 Å². The third-order valence-corrected chi connectivity index (χ3v) is 4.36. The van der Waals surface area contributed by atoms with Crippen molar-refractivity contribution in [3.63, 3.8) is 0 Å². The van der Waals surface area contributed by atoms with E-state index in [-0.39, 0.29) is 11.7 Å². The molecular formula is C18H28N2O2. The second-order valence-electron chi connectivity index (χ2n) is 6.27. The van der Waals surface area contributed by atoms with Crippen molar-refractivity contribution in [1.82, 2.24) is 9.80 Å². The molecule has 0 aromatic heterocycles. The smallest absolute Gasteiger partial charge is 0.226 e. The molecule has 1 aliphatic heterocycles. The number of rotatable bonds is 6. The first-order chi connectivity index (χ1) is 10.6.